The molecule has 0 aliphatic carbocycles. The van der Waals surface area contributed by atoms with E-state index >= 15 is 0 Å². The number of rotatable bonds is 5. The molecule has 21 heavy (non-hydrogen) atoms. The van der Waals surface area contributed by atoms with Gasteiger partial charge in [-0.25, -0.2) is 0 Å². The van der Waals surface area contributed by atoms with Gasteiger partial charge in [-0.2, -0.15) is 18.2 Å². The van der Waals surface area contributed by atoms with Crippen LogP contribution in [0.25, 0.3) is 0 Å². The van der Waals surface area contributed by atoms with Crippen molar-refractivity contribution in [3.63, 3.8) is 0 Å². The van der Waals surface area contributed by atoms with E-state index in [0.717, 1.165) is 11.8 Å². The minimum atomic E-state index is -4.61. The van der Waals surface area contributed by atoms with Gasteiger partial charge < -0.3 is 14.8 Å². The van der Waals surface area contributed by atoms with Gasteiger partial charge >= 0.3 is 6.18 Å². The summed E-state index contributed by atoms with van der Waals surface area (Å²) in [4.78, 5) is 3.27. The lowest BCUT2D eigenvalue weighted by Crippen LogP contribution is -2.08. The predicted octanol–water partition coefficient (Wildman–Crippen LogP) is 1.43. The minimum Gasteiger partial charge on any atom is -0.338 e. The third-order valence-electron chi connectivity index (χ3n) is 2.34. The smallest absolute Gasteiger partial charge is 0.338 e. The summed E-state index contributed by atoms with van der Waals surface area (Å²) >= 11 is 1.16. The maximum absolute atomic E-state index is 12.3. The molecule has 0 aromatic carbocycles. The molecule has 0 radical (unpaired) electrons. The van der Waals surface area contributed by atoms with E-state index in [2.05, 4.69) is 24.9 Å². The normalized spacial score (nSPS) is 11.5. The van der Waals surface area contributed by atoms with E-state index < -0.39 is 12.0 Å². The highest BCUT2D eigenvalue weighted by molar-refractivity contribution is 7.98. The molecule has 12 heteroatoms. The van der Waals surface area contributed by atoms with Crippen LogP contribution in [0, 0.1) is 0 Å². The maximum Gasteiger partial charge on any atom is 0.455 e. The number of alkyl halides is 3. The zero-order valence-electron chi connectivity index (χ0n) is 10.8. The summed E-state index contributed by atoms with van der Waals surface area (Å²) in [6.07, 6.45) is -4.03. The average molecular weight is 345 g/mol. The van der Waals surface area contributed by atoms with Crippen LogP contribution < -0.4 is 5.73 Å². The third kappa shape index (κ3) is 4.32. The molecule has 0 amide bonds. The summed E-state index contributed by atoms with van der Waals surface area (Å²) in [5.74, 6) is -0.616. The van der Waals surface area contributed by atoms with E-state index in [1.165, 1.54) is 0 Å². The van der Waals surface area contributed by atoms with Gasteiger partial charge in [-0.1, -0.05) is 16.9 Å². The Morgan fingerprint density at radius 3 is 2.62 bits per heavy atom. The van der Waals surface area contributed by atoms with Crippen molar-refractivity contribution in [1.82, 2.24) is 24.9 Å². The first kappa shape index (κ1) is 17.7. The van der Waals surface area contributed by atoms with Gasteiger partial charge in [0.1, 0.15) is 5.82 Å². The second kappa shape index (κ2) is 7.09. The molecule has 0 saturated heterocycles. The van der Waals surface area contributed by atoms with Gasteiger partial charge in [0.05, 0.1) is 5.75 Å². The number of nitrogens with two attached hydrogens (primary N) is 1. The van der Waals surface area contributed by atoms with Crippen LogP contribution in [0.1, 0.15) is 17.5 Å². The van der Waals surface area contributed by atoms with Gasteiger partial charge in [0, 0.05) is 13.5 Å². The lowest BCUT2D eigenvalue weighted by Gasteiger charge is -2.00. The molecule has 0 bridgehead atoms. The number of thioether (sulfide) groups is 1. The largest absolute Gasteiger partial charge is 0.455 e. The van der Waals surface area contributed by atoms with Crippen molar-refractivity contribution >= 4 is 24.2 Å². The van der Waals surface area contributed by atoms with E-state index in [9.17, 15) is 13.2 Å². The first-order chi connectivity index (χ1) is 9.41. The quantitative estimate of drug-likeness (QED) is 0.820. The second-order valence-electron chi connectivity index (χ2n) is 3.79. The van der Waals surface area contributed by atoms with Gasteiger partial charge in [0.25, 0.3) is 5.82 Å². The van der Waals surface area contributed by atoms with E-state index in [1.54, 1.807) is 11.6 Å². The Labute approximate surface area is 127 Å². The molecule has 0 unspecified atom stereocenters. The number of aromatic nitrogens is 5. The summed E-state index contributed by atoms with van der Waals surface area (Å²) in [5.41, 5.74) is 5.42. The van der Waals surface area contributed by atoms with Crippen LogP contribution in [0.5, 0.6) is 0 Å². The molecule has 2 heterocycles. The summed E-state index contributed by atoms with van der Waals surface area (Å²) in [5, 5.41) is 11.3. The van der Waals surface area contributed by atoms with Gasteiger partial charge in [-0.3, -0.25) is 0 Å². The Hall–Kier alpha value is -1.33. The summed E-state index contributed by atoms with van der Waals surface area (Å²) in [6, 6.07) is 0. The fraction of sp³-hybridized carbons (Fsp3) is 0.556. The Morgan fingerprint density at radius 1 is 1.33 bits per heavy atom. The van der Waals surface area contributed by atoms with Gasteiger partial charge in [0.2, 0.25) is 5.89 Å². The standard InChI is InChI=1S/C9H11F3N6OS.ClH/c1-18-5(2-3-13)15-16-8(18)20-4-6-14-7(17-19-6)9(10,11)12;/h2-4,13H2,1H3;1H. The lowest BCUT2D eigenvalue weighted by molar-refractivity contribution is -0.146. The average Bonchev–Trinajstić information content (AvgIpc) is 2.96. The Balaban J connectivity index is 0.00000220. The Bertz CT molecular complexity index is 586. The molecule has 2 aromatic heterocycles. The number of hydrogen-bond acceptors (Lipinski definition) is 7. The summed E-state index contributed by atoms with van der Waals surface area (Å²) < 4.78 is 43.1. The van der Waals surface area contributed by atoms with Crippen molar-refractivity contribution < 1.29 is 17.7 Å². The topological polar surface area (TPSA) is 95.7 Å². The number of hydrogen-bond donors (Lipinski definition) is 1. The highest BCUT2D eigenvalue weighted by Gasteiger charge is 2.37. The summed E-state index contributed by atoms with van der Waals surface area (Å²) in [7, 11) is 1.75. The van der Waals surface area contributed by atoms with E-state index in [0.29, 0.717) is 23.9 Å². The number of nitrogens with zero attached hydrogens (tertiary/aromatic N) is 5. The van der Waals surface area contributed by atoms with E-state index in [-0.39, 0.29) is 24.1 Å². The van der Waals surface area contributed by atoms with Gasteiger partial charge in [-0.15, -0.1) is 22.6 Å². The maximum atomic E-state index is 12.3. The fourth-order valence-corrected chi connectivity index (χ4v) is 2.14. The second-order valence-corrected chi connectivity index (χ2v) is 4.74. The predicted molar refractivity (Wildman–Crippen MR) is 69.9 cm³/mol. The van der Waals surface area contributed by atoms with Crippen molar-refractivity contribution in [2.75, 3.05) is 6.54 Å². The Morgan fingerprint density at radius 2 is 2.05 bits per heavy atom. The lowest BCUT2D eigenvalue weighted by atomic mass is 10.4. The van der Waals surface area contributed by atoms with Crippen LogP contribution in [0.15, 0.2) is 9.68 Å². The molecule has 2 aromatic rings. The molecule has 0 fully saturated rings. The van der Waals surface area contributed by atoms with E-state index in [1.807, 2.05) is 0 Å². The van der Waals surface area contributed by atoms with Crippen molar-refractivity contribution in [3.8, 4) is 0 Å². The molecule has 118 valence electrons. The molecule has 2 rings (SSSR count). The van der Waals surface area contributed by atoms with Gasteiger partial charge in [0.15, 0.2) is 5.16 Å². The fourth-order valence-electron chi connectivity index (χ4n) is 1.37. The zero-order valence-corrected chi connectivity index (χ0v) is 12.4. The minimum absolute atomic E-state index is 0. The van der Waals surface area contributed by atoms with Crippen LogP contribution in [0.2, 0.25) is 0 Å². The zero-order chi connectivity index (χ0) is 14.8. The van der Waals surface area contributed by atoms with Crippen LogP contribution in [0.4, 0.5) is 13.2 Å². The molecule has 0 saturated carbocycles. The molecule has 2 N–H and O–H groups in total. The number of halogens is 4. The molecule has 0 atom stereocenters. The van der Waals surface area contributed by atoms with Crippen LogP contribution in [-0.4, -0.2) is 31.4 Å². The molecular formula is C9H12ClF3N6OS. The molecule has 7 nitrogen and oxygen atoms in total. The van der Waals surface area contributed by atoms with Crippen molar-refractivity contribution in [3.05, 3.63) is 17.5 Å². The molecule has 0 spiro atoms. The Kier molecular flexibility index (Phi) is 5.98. The highest BCUT2D eigenvalue weighted by atomic mass is 35.5. The molecule has 0 aliphatic rings. The van der Waals surface area contributed by atoms with Crippen LogP contribution in [-0.2, 0) is 25.4 Å². The van der Waals surface area contributed by atoms with Crippen molar-refractivity contribution in [2.24, 2.45) is 12.8 Å². The monoisotopic (exact) mass is 344 g/mol. The van der Waals surface area contributed by atoms with Crippen molar-refractivity contribution in [2.45, 2.75) is 23.5 Å². The van der Waals surface area contributed by atoms with E-state index in [4.69, 9.17) is 5.73 Å². The first-order valence-electron chi connectivity index (χ1n) is 5.52. The molecule has 0 aliphatic heterocycles. The van der Waals surface area contributed by atoms with Crippen molar-refractivity contribution in [1.29, 1.82) is 0 Å². The van der Waals surface area contributed by atoms with Gasteiger partial charge in [-0.05, 0) is 6.54 Å². The van der Waals surface area contributed by atoms with Crippen LogP contribution in [0.3, 0.4) is 0 Å². The first-order valence-corrected chi connectivity index (χ1v) is 6.51. The SMILES string of the molecule is Cl.Cn1c(CCN)nnc1SCc1nc(C(F)(F)F)no1. The molecular weight excluding hydrogens is 333 g/mol. The van der Waals surface area contributed by atoms with Crippen LogP contribution >= 0.6 is 24.2 Å². The third-order valence-corrected chi connectivity index (χ3v) is 3.34. The highest BCUT2D eigenvalue weighted by Crippen LogP contribution is 2.27. The summed E-state index contributed by atoms with van der Waals surface area (Å²) in [6.45, 7) is 0.440.